The van der Waals surface area contributed by atoms with Crippen LogP contribution in [0, 0.1) is 0 Å². The number of hydrogen-bond acceptors (Lipinski definition) is 5. The SMILES string of the molecule is CC(C)(C)OS(=O)(=O)c1ccc(Oc2cccnc2)cc1. The molecule has 112 valence electrons. The Balaban J connectivity index is 2.16. The van der Waals surface area contributed by atoms with Gasteiger partial charge in [-0.05, 0) is 57.2 Å². The molecule has 1 aromatic heterocycles. The molecule has 0 saturated heterocycles. The maximum absolute atomic E-state index is 12.0. The predicted molar refractivity (Wildman–Crippen MR) is 78.8 cm³/mol. The highest BCUT2D eigenvalue weighted by atomic mass is 32.2. The van der Waals surface area contributed by atoms with Gasteiger partial charge in [0.1, 0.15) is 11.5 Å². The first kappa shape index (κ1) is 15.5. The molecular weight excluding hydrogens is 290 g/mol. The molecule has 0 spiro atoms. The van der Waals surface area contributed by atoms with Crippen LogP contribution in [0.15, 0.2) is 53.7 Å². The van der Waals surface area contributed by atoms with Gasteiger partial charge < -0.3 is 4.74 Å². The van der Waals surface area contributed by atoms with E-state index in [2.05, 4.69) is 4.98 Å². The highest BCUT2D eigenvalue weighted by Gasteiger charge is 2.23. The zero-order chi connectivity index (χ0) is 15.5. The summed E-state index contributed by atoms with van der Waals surface area (Å²) in [5, 5.41) is 0. The fourth-order valence-electron chi connectivity index (χ4n) is 1.60. The maximum Gasteiger partial charge on any atom is 0.297 e. The molecule has 0 unspecified atom stereocenters. The molecule has 0 aliphatic carbocycles. The summed E-state index contributed by atoms with van der Waals surface area (Å²) in [6.45, 7) is 5.05. The third-order valence-corrected chi connectivity index (χ3v) is 3.91. The van der Waals surface area contributed by atoms with Crippen molar-refractivity contribution >= 4 is 10.1 Å². The molecule has 0 aliphatic rings. The first-order valence-corrected chi connectivity index (χ1v) is 7.81. The fourth-order valence-corrected chi connectivity index (χ4v) is 2.82. The molecule has 5 nitrogen and oxygen atoms in total. The third-order valence-electron chi connectivity index (χ3n) is 2.34. The quantitative estimate of drug-likeness (QED) is 0.810. The summed E-state index contributed by atoms with van der Waals surface area (Å²) < 4.78 is 34.7. The van der Waals surface area contributed by atoms with Crippen molar-refractivity contribution in [2.45, 2.75) is 31.3 Å². The zero-order valence-electron chi connectivity index (χ0n) is 12.1. The van der Waals surface area contributed by atoms with Gasteiger partial charge in [-0.1, -0.05) is 0 Å². The van der Waals surface area contributed by atoms with Gasteiger partial charge in [0.15, 0.2) is 0 Å². The lowest BCUT2D eigenvalue weighted by Crippen LogP contribution is -2.24. The van der Waals surface area contributed by atoms with Crippen molar-refractivity contribution in [2.24, 2.45) is 0 Å². The van der Waals surface area contributed by atoms with Gasteiger partial charge in [-0.25, -0.2) is 0 Å². The zero-order valence-corrected chi connectivity index (χ0v) is 12.9. The Morgan fingerprint density at radius 1 is 1.00 bits per heavy atom. The van der Waals surface area contributed by atoms with Crippen LogP contribution in [0.1, 0.15) is 20.8 Å². The Bertz CT molecular complexity index is 689. The molecule has 2 rings (SSSR count). The maximum atomic E-state index is 12.0. The first-order valence-electron chi connectivity index (χ1n) is 6.40. The number of rotatable bonds is 4. The van der Waals surface area contributed by atoms with Gasteiger partial charge in [-0.2, -0.15) is 8.42 Å². The second-order valence-electron chi connectivity index (χ2n) is 5.41. The van der Waals surface area contributed by atoms with Crippen molar-refractivity contribution in [1.29, 1.82) is 0 Å². The van der Waals surface area contributed by atoms with E-state index in [0.717, 1.165) is 0 Å². The molecule has 0 saturated carbocycles. The van der Waals surface area contributed by atoms with Gasteiger partial charge in [-0.3, -0.25) is 9.17 Å². The van der Waals surface area contributed by atoms with Crippen LogP contribution >= 0.6 is 0 Å². The van der Waals surface area contributed by atoms with E-state index in [1.807, 2.05) is 0 Å². The van der Waals surface area contributed by atoms with Gasteiger partial charge >= 0.3 is 0 Å². The summed E-state index contributed by atoms with van der Waals surface area (Å²) in [6.07, 6.45) is 3.22. The molecule has 0 bridgehead atoms. The second-order valence-corrected chi connectivity index (χ2v) is 6.96. The standard InChI is InChI=1S/C15H17NO4S/c1-15(2,3)20-21(17,18)14-8-6-12(7-9-14)19-13-5-4-10-16-11-13/h4-11H,1-3H3. The van der Waals surface area contributed by atoms with E-state index in [-0.39, 0.29) is 4.90 Å². The van der Waals surface area contributed by atoms with Crippen LogP contribution in [0.25, 0.3) is 0 Å². The number of benzene rings is 1. The van der Waals surface area contributed by atoms with Crippen LogP contribution in [0.5, 0.6) is 11.5 Å². The monoisotopic (exact) mass is 307 g/mol. The molecule has 0 radical (unpaired) electrons. The molecule has 0 aliphatic heterocycles. The van der Waals surface area contributed by atoms with E-state index in [9.17, 15) is 8.42 Å². The summed E-state index contributed by atoms with van der Waals surface area (Å²) in [7, 11) is -3.78. The summed E-state index contributed by atoms with van der Waals surface area (Å²) >= 11 is 0. The van der Waals surface area contributed by atoms with E-state index in [0.29, 0.717) is 11.5 Å². The lowest BCUT2D eigenvalue weighted by molar-refractivity contribution is 0.139. The Labute approximate surface area is 124 Å². The van der Waals surface area contributed by atoms with Crippen LogP contribution < -0.4 is 4.74 Å². The Hall–Kier alpha value is -1.92. The average Bonchev–Trinajstić information content (AvgIpc) is 2.38. The lowest BCUT2D eigenvalue weighted by atomic mass is 10.2. The van der Waals surface area contributed by atoms with E-state index < -0.39 is 15.7 Å². The van der Waals surface area contributed by atoms with Crippen molar-refractivity contribution in [2.75, 3.05) is 0 Å². The fraction of sp³-hybridized carbons (Fsp3) is 0.267. The van der Waals surface area contributed by atoms with Gasteiger partial charge in [0.2, 0.25) is 0 Å². The predicted octanol–water partition coefficient (Wildman–Crippen LogP) is 3.38. The van der Waals surface area contributed by atoms with E-state index >= 15 is 0 Å². The van der Waals surface area contributed by atoms with Gasteiger partial charge in [0.05, 0.1) is 16.7 Å². The van der Waals surface area contributed by atoms with Gasteiger partial charge in [0.25, 0.3) is 10.1 Å². The Kier molecular flexibility index (Phi) is 4.29. The van der Waals surface area contributed by atoms with E-state index in [1.165, 1.54) is 12.1 Å². The first-order chi connectivity index (χ1) is 9.76. The van der Waals surface area contributed by atoms with Crippen molar-refractivity contribution in [3.8, 4) is 11.5 Å². The molecule has 1 heterocycles. The van der Waals surface area contributed by atoms with Crippen LogP contribution in [-0.2, 0) is 14.3 Å². The minimum Gasteiger partial charge on any atom is -0.456 e. The number of pyridine rings is 1. The second kappa shape index (κ2) is 5.83. The molecule has 2 aromatic rings. The highest BCUT2D eigenvalue weighted by Crippen LogP contribution is 2.24. The molecule has 1 aromatic carbocycles. The Morgan fingerprint density at radius 3 is 2.19 bits per heavy atom. The Morgan fingerprint density at radius 2 is 1.67 bits per heavy atom. The highest BCUT2D eigenvalue weighted by molar-refractivity contribution is 7.86. The van der Waals surface area contributed by atoms with Crippen LogP contribution in [0.3, 0.4) is 0 Å². The lowest BCUT2D eigenvalue weighted by Gasteiger charge is -2.18. The van der Waals surface area contributed by atoms with Crippen LogP contribution in [0.2, 0.25) is 0 Å². The topological polar surface area (TPSA) is 65.5 Å². The summed E-state index contributed by atoms with van der Waals surface area (Å²) in [4.78, 5) is 4.03. The molecule has 0 atom stereocenters. The minimum atomic E-state index is -3.78. The normalized spacial score (nSPS) is 12.1. The molecule has 0 fully saturated rings. The van der Waals surface area contributed by atoms with E-state index in [4.69, 9.17) is 8.92 Å². The average molecular weight is 307 g/mol. The van der Waals surface area contributed by atoms with Crippen LogP contribution in [0.4, 0.5) is 0 Å². The summed E-state index contributed by atoms with van der Waals surface area (Å²) in [5.41, 5.74) is -0.774. The number of nitrogens with zero attached hydrogens (tertiary/aromatic N) is 1. The molecule has 0 N–H and O–H groups in total. The van der Waals surface area contributed by atoms with Crippen LogP contribution in [-0.4, -0.2) is 19.0 Å². The van der Waals surface area contributed by atoms with Gasteiger partial charge in [-0.15, -0.1) is 0 Å². The van der Waals surface area contributed by atoms with E-state index in [1.54, 1.807) is 57.4 Å². The summed E-state index contributed by atoms with van der Waals surface area (Å²) in [6, 6.07) is 9.57. The number of ether oxygens (including phenoxy) is 1. The van der Waals surface area contributed by atoms with Crippen molar-refractivity contribution in [1.82, 2.24) is 4.98 Å². The third kappa shape index (κ3) is 4.54. The number of hydrogen-bond donors (Lipinski definition) is 0. The van der Waals surface area contributed by atoms with Crippen molar-refractivity contribution in [3.63, 3.8) is 0 Å². The number of aromatic nitrogens is 1. The van der Waals surface area contributed by atoms with Gasteiger partial charge in [0, 0.05) is 6.20 Å². The molecule has 21 heavy (non-hydrogen) atoms. The molecule has 0 amide bonds. The smallest absolute Gasteiger partial charge is 0.297 e. The molecule has 6 heteroatoms. The summed E-state index contributed by atoms with van der Waals surface area (Å²) in [5.74, 6) is 1.11. The largest absolute Gasteiger partial charge is 0.456 e. The van der Waals surface area contributed by atoms with Crippen molar-refractivity contribution < 1.29 is 17.3 Å². The molecular formula is C15H17NO4S. The minimum absolute atomic E-state index is 0.0935. The van der Waals surface area contributed by atoms with Crippen molar-refractivity contribution in [3.05, 3.63) is 48.8 Å².